The van der Waals surface area contributed by atoms with Crippen molar-refractivity contribution >= 4 is 17.3 Å². The highest BCUT2D eigenvalue weighted by molar-refractivity contribution is 5.89. The summed E-state index contributed by atoms with van der Waals surface area (Å²) in [6.07, 6.45) is 2.61. The fourth-order valence-electron chi connectivity index (χ4n) is 1.70. The molecule has 0 aliphatic heterocycles. The van der Waals surface area contributed by atoms with Gasteiger partial charge >= 0.3 is 0 Å². The van der Waals surface area contributed by atoms with Gasteiger partial charge < -0.3 is 15.4 Å². The van der Waals surface area contributed by atoms with Gasteiger partial charge in [0, 0.05) is 19.2 Å². The Morgan fingerprint density at radius 2 is 2.24 bits per heavy atom. The number of methoxy groups -OCH3 is 1. The number of carbonyl (C=O) groups is 1. The Balaban J connectivity index is 2.09. The van der Waals surface area contributed by atoms with Gasteiger partial charge in [0.2, 0.25) is 5.91 Å². The van der Waals surface area contributed by atoms with E-state index in [0.717, 1.165) is 29.6 Å². The second-order valence-electron chi connectivity index (χ2n) is 4.42. The molecule has 0 unspecified atom stereocenters. The van der Waals surface area contributed by atoms with Gasteiger partial charge in [-0.3, -0.25) is 4.79 Å². The maximum Gasteiger partial charge on any atom is 0.221 e. The fourth-order valence-corrected chi connectivity index (χ4v) is 1.70. The van der Waals surface area contributed by atoms with Crippen LogP contribution in [0.2, 0.25) is 0 Å². The van der Waals surface area contributed by atoms with Gasteiger partial charge in [-0.05, 0) is 37.0 Å². The largest absolute Gasteiger partial charge is 0.495 e. The number of rotatable bonds is 5. The molecule has 1 aromatic rings. The van der Waals surface area contributed by atoms with Gasteiger partial charge in [0.1, 0.15) is 5.75 Å². The smallest absolute Gasteiger partial charge is 0.221 e. The summed E-state index contributed by atoms with van der Waals surface area (Å²) in [5, 5.41) is 6.13. The van der Waals surface area contributed by atoms with Crippen LogP contribution in [-0.2, 0) is 4.79 Å². The van der Waals surface area contributed by atoms with Crippen LogP contribution >= 0.6 is 0 Å². The monoisotopic (exact) mass is 234 g/mol. The van der Waals surface area contributed by atoms with E-state index in [-0.39, 0.29) is 5.91 Å². The van der Waals surface area contributed by atoms with E-state index >= 15 is 0 Å². The molecule has 17 heavy (non-hydrogen) atoms. The van der Waals surface area contributed by atoms with Crippen molar-refractivity contribution in [1.29, 1.82) is 0 Å². The standard InChI is InChI=1S/C13H18N2O2/c1-9(16)15-11-5-6-13(17-2)12(7-11)14-8-10-3-4-10/h5-7,10,14H,3-4,8H2,1-2H3,(H,15,16). The van der Waals surface area contributed by atoms with Gasteiger partial charge in [-0.25, -0.2) is 0 Å². The van der Waals surface area contributed by atoms with Crippen molar-refractivity contribution < 1.29 is 9.53 Å². The van der Waals surface area contributed by atoms with Crippen molar-refractivity contribution in [2.75, 3.05) is 24.3 Å². The Bertz CT molecular complexity index is 414. The molecule has 1 aromatic carbocycles. The third-order valence-electron chi connectivity index (χ3n) is 2.80. The van der Waals surface area contributed by atoms with Crippen molar-refractivity contribution in [2.45, 2.75) is 19.8 Å². The Kier molecular flexibility index (Phi) is 3.52. The molecule has 2 N–H and O–H groups in total. The molecule has 0 saturated heterocycles. The first-order valence-electron chi connectivity index (χ1n) is 5.88. The minimum absolute atomic E-state index is 0.0664. The van der Waals surface area contributed by atoms with Gasteiger partial charge in [0.25, 0.3) is 0 Å². The first kappa shape index (κ1) is 11.8. The first-order chi connectivity index (χ1) is 8.19. The summed E-state index contributed by atoms with van der Waals surface area (Å²) < 4.78 is 5.28. The summed E-state index contributed by atoms with van der Waals surface area (Å²) in [6.45, 7) is 2.47. The molecule has 1 saturated carbocycles. The molecule has 0 heterocycles. The normalized spacial score (nSPS) is 14.2. The highest BCUT2D eigenvalue weighted by Gasteiger charge is 2.21. The van der Waals surface area contributed by atoms with Gasteiger partial charge in [0.05, 0.1) is 12.8 Å². The molecule has 1 aliphatic carbocycles. The lowest BCUT2D eigenvalue weighted by Gasteiger charge is -2.12. The zero-order valence-corrected chi connectivity index (χ0v) is 10.2. The molecule has 0 aromatic heterocycles. The van der Waals surface area contributed by atoms with Crippen LogP contribution in [0, 0.1) is 5.92 Å². The third kappa shape index (κ3) is 3.37. The molecule has 2 rings (SSSR count). The molecule has 0 radical (unpaired) electrons. The Hall–Kier alpha value is -1.71. The van der Waals surface area contributed by atoms with E-state index in [1.165, 1.54) is 19.8 Å². The second kappa shape index (κ2) is 5.08. The average molecular weight is 234 g/mol. The number of carbonyl (C=O) groups excluding carboxylic acids is 1. The molecule has 1 amide bonds. The van der Waals surface area contributed by atoms with Crippen LogP contribution in [0.15, 0.2) is 18.2 Å². The lowest BCUT2D eigenvalue weighted by molar-refractivity contribution is -0.114. The SMILES string of the molecule is COc1ccc(NC(C)=O)cc1NCC1CC1. The molecule has 4 heteroatoms. The molecule has 4 nitrogen and oxygen atoms in total. The quantitative estimate of drug-likeness (QED) is 0.823. The van der Waals surface area contributed by atoms with Crippen molar-refractivity contribution in [2.24, 2.45) is 5.92 Å². The molecular formula is C13H18N2O2. The zero-order valence-electron chi connectivity index (χ0n) is 10.2. The van der Waals surface area contributed by atoms with E-state index < -0.39 is 0 Å². The summed E-state index contributed by atoms with van der Waals surface area (Å²) in [4.78, 5) is 11.0. The third-order valence-corrected chi connectivity index (χ3v) is 2.80. The summed E-state index contributed by atoms with van der Waals surface area (Å²) in [7, 11) is 1.65. The van der Waals surface area contributed by atoms with Gasteiger partial charge in [-0.2, -0.15) is 0 Å². The van der Waals surface area contributed by atoms with E-state index in [0.29, 0.717) is 0 Å². The fraction of sp³-hybridized carbons (Fsp3) is 0.462. The van der Waals surface area contributed by atoms with Gasteiger partial charge in [0.15, 0.2) is 0 Å². The summed E-state index contributed by atoms with van der Waals surface area (Å²) in [5.74, 6) is 1.53. The van der Waals surface area contributed by atoms with Crippen LogP contribution in [0.1, 0.15) is 19.8 Å². The van der Waals surface area contributed by atoms with E-state index in [2.05, 4.69) is 10.6 Å². The molecule has 0 bridgehead atoms. The van der Waals surface area contributed by atoms with Crippen molar-refractivity contribution in [3.05, 3.63) is 18.2 Å². The molecule has 1 aliphatic rings. The predicted octanol–water partition coefficient (Wildman–Crippen LogP) is 2.48. The number of benzene rings is 1. The lowest BCUT2D eigenvalue weighted by Crippen LogP contribution is -2.08. The number of anilines is 2. The summed E-state index contributed by atoms with van der Waals surface area (Å²) in [6, 6.07) is 5.60. The molecule has 1 fully saturated rings. The number of ether oxygens (including phenoxy) is 1. The zero-order chi connectivity index (χ0) is 12.3. The van der Waals surface area contributed by atoms with Crippen LogP contribution in [-0.4, -0.2) is 19.6 Å². The maximum absolute atomic E-state index is 11.0. The molecule has 92 valence electrons. The highest BCUT2D eigenvalue weighted by Crippen LogP contribution is 2.32. The molecular weight excluding hydrogens is 216 g/mol. The minimum Gasteiger partial charge on any atom is -0.495 e. The van der Waals surface area contributed by atoms with Crippen LogP contribution in [0.3, 0.4) is 0 Å². The average Bonchev–Trinajstić information content (AvgIpc) is 3.09. The molecule has 0 spiro atoms. The second-order valence-corrected chi connectivity index (χ2v) is 4.42. The van der Waals surface area contributed by atoms with Crippen LogP contribution in [0.5, 0.6) is 5.75 Å². The van der Waals surface area contributed by atoms with E-state index in [9.17, 15) is 4.79 Å². The Morgan fingerprint density at radius 3 is 2.82 bits per heavy atom. The van der Waals surface area contributed by atoms with E-state index in [4.69, 9.17) is 4.74 Å². The Labute approximate surface area is 101 Å². The molecule has 0 atom stereocenters. The van der Waals surface area contributed by atoms with E-state index in [1.54, 1.807) is 7.11 Å². The summed E-state index contributed by atoms with van der Waals surface area (Å²) in [5.41, 5.74) is 1.72. The lowest BCUT2D eigenvalue weighted by atomic mass is 10.2. The number of amides is 1. The first-order valence-corrected chi connectivity index (χ1v) is 5.88. The van der Waals surface area contributed by atoms with Gasteiger partial charge in [-0.15, -0.1) is 0 Å². The highest BCUT2D eigenvalue weighted by atomic mass is 16.5. The van der Waals surface area contributed by atoms with Crippen molar-refractivity contribution in [1.82, 2.24) is 0 Å². The van der Waals surface area contributed by atoms with Crippen LogP contribution in [0.25, 0.3) is 0 Å². The van der Waals surface area contributed by atoms with Gasteiger partial charge in [-0.1, -0.05) is 0 Å². The Morgan fingerprint density at radius 1 is 1.47 bits per heavy atom. The van der Waals surface area contributed by atoms with Crippen molar-refractivity contribution in [3.63, 3.8) is 0 Å². The predicted molar refractivity (Wildman–Crippen MR) is 68.5 cm³/mol. The number of nitrogens with one attached hydrogen (secondary N) is 2. The topological polar surface area (TPSA) is 50.4 Å². The number of hydrogen-bond acceptors (Lipinski definition) is 3. The number of hydrogen-bond donors (Lipinski definition) is 2. The maximum atomic E-state index is 11.0. The summed E-state index contributed by atoms with van der Waals surface area (Å²) >= 11 is 0. The van der Waals surface area contributed by atoms with Crippen LogP contribution < -0.4 is 15.4 Å². The van der Waals surface area contributed by atoms with Crippen LogP contribution in [0.4, 0.5) is 11.4 Å². The minimum atomic E-state index is -0.0664. The van der Waals surface area contributed by atoms with E-state index in [1.807, 2.05) is 18.2 Å². The van der Waals surface area contributed by atoms with Crippen molar-refractivity contribution in [3.8, 4) is 5.75 Å².